The van der Waals surface area contributed by atoms with Crippen molar-refractivity contribution in [2.75, 3.05) is 6.54 Å². The molecule has 0 spiro atoms. The molecular formula is C20H24Cl2N4O2. The molecule has 1 aromatic carbocycles. The van der Waals surface area contributed by atoms with Crippen LogP contribution < -0.4 is 10.6 Å². The highest BCUT2D eigenvalue weighted by molar-refractivity contribution is 6.42. The summed E-state index contributed by atoms with van der Waals surface area (Å²) in [6.07, 6.45) is 6.71. The van der Waals surface area contributed by atoms with E-state index in [1.165, 1.54) is 0 Å². The van der Waals surface area contributed by atoms with Crippen molar-refractivity contribution in [3.63, 3.8) is 0 Å². The Kier molecular flexibility index (Phi) is 6.62. The maximum atomic E-state index is 12.8. The number of nitrogens with zero attached hydrogens (tertiary/aromatic N) is 2. The van der Waals surface area contributed by atoms with Gasteiger partial charge in [0.15, 0.2) is 5.69 Å². The fourth-order valence-corrected chi connectivity index (χ4v) is 3.76. The Bertz CT molecular complexity index is 860. The van der Waals surface area contributed by atoms with E-state index in [4.69, 9.17) is 23.2 Å². The van der Waals surface area contributed by atoms with Crippen molar-refractivity contribution in [1.29, 1.82) is 0 Å². The van der Waals surface area contributed by atoms with Crippen LogP contribution in [0.25, 0.3) is 5.69 Å². The van der Waals surface area contributed by atoms with Crippen LogP contribution in [0.2, 0.25) is 10.0 Å². The Hall–Kier alpha value is -2.05. The average Bonchev–Trinajstić information content (AvgIpc) is 3.19. The molecule has 0 bridgehead atoms. The zero-order chi connectivity index (χ0) is 20.1. The first kappa shape index (κ1) is 20.7. The normalized spacial score (nSPS) is 15.8. The van der Waals surface area contributed by atoms with E-state index < -0.39 is 5.54 Å². The summed E-state index contributed by atoms with van der Waals surface area (Å²) in [4.78, 5) is 25.6. The van der Waals surface area contributed by atoms with Gasteiger partial charge in [0.25, 0.3) is 5.91 Å². The maximum absolute atomic E-state index is 12.8. The Balaban J connectivity index is 1.78. The zero-order valence-corrected chi connectivity index (χ0v) is 17.3. The predicted molar refractivity (Wildman–Crippen MR) is 110 cm³/mol. The Labute approximate surface area is 174 Å². The molecule has 0 aliphatic heterocycles. The number of benzene rings is 1. The highest BCUT2D eigenvalue weighted by Gasteiger charge is 2.41. The molecule has 150 valence electrons. The minimum atomic E-state index is -0.863. The van der Waals surface area contributed by atoms with Crippen molar-refractivity contribution >= 4 is 35.0 Å². The molecule has 0 unspecified atom stereocenters. The highest BCUT2D eigenvalue weighted by Crippen LogP contribution is 2.29. The number of hydrogen-bond acceptors (Lipinski definition) is 3. The van der Waals surface area contributed by atoms with E-state index in [2.05, 4.69) is 15.7 Å². The largest absolute Gasteiger partial charge is 0.354 e. The van der Waals surface area contributed by atoms with Crippen LogP contribution in [-0.4, -0.2) is 33.7 Å². The molecule has 2 amide bonds. The third-order valence-corrected chi connectivity index (χ3v) is 5.76. The third-order valence-electron chi connectivity index (χ3n) is 5.02. The molecule has 2 aromatic rings. The first-order valence-corrected chi connectivity index (χ1v) is 10.3. The summed E-state index contributed by atoms with van der Waals surface area (Å²) in [5, 5.41) is 11.1. The molecule has 1 fully saturated rings. The second-order valence-electron chi connectivity index (χ2n) is 7.10. The van der Waals surface area contributed by atoms with E-state index in [0.29, 0.717) is 35.1 Å². The van der Waals surface area contributed by atoms with Crippen molar-refractivity contribution in [1.82, 2.24) is 20.4 Å². The van der Waals surface area contributed by atoms with Gasteiger partial charge in [-0.15, -0.1) is 0 Å². The predicted octanol–water partition coefficient (Wildman–Crippen LogP) is 4.14. The molecule has 1 aliphatic carbocycles. The minimum absolute atomic E-state index is 0.105. The summed E-state index contributed by atoms with van der Waals surface area (Å²) < 4.78 is 1.56. The molecule has 1 aromatic heterocycles. The molecule has 2 N–H and O–H groups in total. The lowest BCUT2D eigenvalue weighted by molar-refractivity contribution is -0.128. The number of carbonyl (C=O) groups excluding carboxylic acids is 2. The number of halogens is 2. The van der Waals surface area contributed by atoms with E-state index in [-0.39, 0.29) is 17.5 Å². The number of amides is 2. The van der Waals surface area contributed by atoms with Gasteiger partial charge in [-0.25, -0.2) is 4.68 Å². The van der Waals surface area contributed by atoms with Crippen LogP contribution in [0.4, 0.5) is 0 Å². The van der Waals surface area contributed by atoms with Gasteiger partial charge in [-0.2, -0.15) is 5.10 Å². The number of carbonyl (C=O) groups is 2. The van der Waals surface area contributed by atoms with Crippen LogP contribution in [0.15, 0.2) is 30.5 Å². The van der Waals surface area contributed by atoms with E-state index in [9.17, 15) is 9.59 Å². The van der Waals surface area contributed by atoms with Crippen molar-refractivity contribution in [3.05, 3.63) is 46.2 Å². The number of rotatable bonds is 6. The lowest BCUT2D eigenvalue weighted by Crippen LogP contribution is -2.59. The first-order valence-electron chi connectivity index (χ1n) is 9.57. The Morgan fingerprint density at radius 1 is 1.14 bits per heavy atom. The minimum Gasteiger partial charge on any atom is -0.354 e. The molecule has 0 saturated heterocycles. The van der Waals surface area contributed by atoms with Gasteiger partial charge in [0.1, 0.15) is 5.54 Å². The van der Waals surface area contributed by atoms with Crippen molar-refractivity contribution in [3.8, 4) is 5.69 Å². The number of hydrogen-bond donors (Lipinski definition) is 2. The molecule has 28 heavy (non-hydrogen) atoms. The van der Waals surface area contributed by atoms with Crippen LogP contribution in [0.1, 0.15) is 55.9 Å². The molecule has 3 rings (SSSR count). The van der Waals surface area contributed by atoms with E-state index in [0.717, 1.165) is 25.7 Å². The van der Waals surface area contributed by atoms with Crippen LogP contribution in [0.3, 0.4) is 0 Å². The van der Waals surface area contributed by atoms with E-state index in [1.807, 2.05) is 6.92 Å². The lowest BCUT2D eigenvalue weighted by atomic mass is 9.80. The van der Waals surface area contributed by atoms with E-state index in [1.54, 1.807) is 35.1 Å². The smallest absolute Gasteiger partial charge is 0.272 e. The molecule has 1 heterocycles. The topological polar surface area (TPSA) is 76.0 Å². The van der Waals surface area contributed by atoms with Gasteiger partial charge in [-0.05, 0) is 43.5 Å². The fraction of sp³-hybridized carbons (Fsp3) is 0.450. The fourth-order valence-electron chi connectivity index (χ4n) is 3.47. The van der Waals surface area contributed by atoms with Crippen LogP contribution in [0, 0.1) is 0 Å². The summed E-state index contributed by atoms with van der Waals surface area (Å²) >= 11 is 12.0. The van der Waals surface area contributed by atoms with Gasteiger partial charge in [0.2, 0.25) is 5.91 Å². The molecule has 1 aliphatic rings. The van der Waals surface area contributed by atoms with Gasteiger partial charge < -0.3 is 10.6 Å². The zero-order valence-electron chi connectivity index (χ0n) is 15.8. The summed E-state index contributed by atoms with van der Waals surface area (Å²) in [7, 11) is 0. The Morgan fingerprint density at radius 2 is 1.89 bits per heavy atom. The SMILES string of the molecule is CCCNC(=O)C1(NC(=O)c2ccn(-c3ccc(Cl)c(Cl)c3)n2)CCCCC1. The molecule has 0 radical (unpaired) electrons. The van der Waals surface area contributed by atoms with Crippen molar-refractivity contribution < 1.29 is 9.59 Å². The standard InChI is InChI=1S/C20H24Cl2N4O2/c1-2-11-23-19(28)20(9-4-3-5-10-20)24-18(27)17-8-12-26(25-17)14-6-7-15(21)16(22)13-14/h6-8,12-13H,2-5,9-11H2,1H3,(H,23,28)(H,24,27). The van der Waals surface area contributed by atoms with Crippen molar-refractivity contribution in [2.24, 2.45) is 0 Å². The van der Waals surface area contributed by atoms with Crippen LogP contribution in [-0.2, 0) is 4.79 Å². The van der Waals surface area contributed by atoms with Crippen LogP contribution in [0.5, 0.6) is 0 Å². The Morgan fingerprint density at radius 3 is 2.57 bits per heavy atom. The van der Waals surface area contributed by atoms with Gasteiger partial charge >= 0.3 is 0 Å². The summed E-state index contributed by atoms with van der Waals surface area (Å²) in [6.45, 7) is 2.60. The van der Waals surface area contributed by atoms with Gasteiger partial charge in [0.05, 0.1) is 15.7 Å². The van der Waals surface area contributed by atoms with Gasteiger partial charge in [-0.1, -0.05) is 49.4 Å². The summed E-state index contributed by atoms with van der Waals surface area (Å²) in [6, 6.07) is 6.75. The second-order valence-corrected chi connectivity index (χ2v) is 7.91. The monoisotopic (exact) mass is 422 g/mol. The first-order chi connectivity index (χ1) is 13.4. The van der Waals surface area contributed by atoms with Gasteiger partial charge in [-0.3, -0.25) is 9.59 Å². The third kappa shape index (κ3) is 4.50. The average molecular weight is 423 g/mol. The van der Waals surface area contributed by atoms with Crippen molar-refractivity contribution in [2.45, 2.75) is 51.0 Å². The second kappa shape index (κ2) is 8.97. The highest BCUT2D eigenvalue weighted by atomic mass is 35.5. The van der Waals surface area contributed by atoms with E-state index >= 15 is 0 Å². The maximum Gasteiger partial charge on any atom is 0.272 e. The van der Waals surface area contributed by atoms with Crippen LogP contribution >= 0.6 is 23.2 Å². The summed E-state index contributed by atoms with van der Waals surface area (Å²) in [5.74, 6) is -0.460. The molecule has 0 atom stereocenters. The lowest BCUT2D eigenvalue weighted by Gasteiger charge is -2.36. The number of aromatic nitrogens is 2. The molecule has 8 heteroatoms. The van der Waals surface area contributed by atoms with Gasteiger partial charge in [0, 0.05) is 12.7 Å². The molecular weight excluding hydrogens is 399 g/mol. The molecule has 6 nitrogen and oxygen atoms in total. The molecule has 1 saturated carbocycles. The number of nitrogens with one attached hydrogen (secondary N) is 2. The quantitative estimate of drug-likeness (QED) is 0.734. The summed E-state index contributed by atoms with van der Waals surface area (Å²) in [5.41, 5.74) is 0.0820.